The van der Waals surface area contributed by atoms with E-state index in [9.17, 15) is 14.4 Å². The Balaban J connectivity index is 1.66. The molecule has 1 aliphatic rings. The third-order valence-corrected chi connectivity index (χ3v) is 4.73. The Morgan fingerprint density at radius 2 is 1.79 bits per heavy atom. The van der Waals surface area contributed by atoms with Crippen molar-refractivity contribution in [1.29, 1.82) is 0 Å². The minimum absolute atomic E-state index is 0.0324. The maximum absolute atomic E-state index is 13.1. The van der Waals surface area contributed by atoms with Gasteiger partial charge in [-0.15, -0.1) is 0 Å². The van der Waals surface area contributed by atoms with Crippen molar-refractivity contribution in [3.8, 4) is 0 Å². The molecule has 3 amide bonds. The van der Waals surface area contributed by atoms with Crippen LogP contribution in [-0.2, 0) is 16.1 Å². The topological polar surface area (TPSA) is 84.0 Å². The lowest BCUT2D eigenvalue weighted by Gasteiger charge is -2.26. The smallest absolute Gasteiger partial charge is 0.290 e. The molecule has 3 heterocycles. The van der Waals surface area contributed by atoms with Gasteiger partial charge in [0.2, 0.25) is 5.91 Å². The Bertz CT molecular complexity index is 996. The van der Waals surface area contributed by atoms with Crippen LogP contribution < -0.4 is 4.90 Å². The molecular formula is C20H15ClN2O5. The fraction of sp³-hybridized carbons (Fsp3) is 0.150. The molecule has 7 nitrogen and oxygen atoms in total. The van der Waals surface area contributed by atoms with Crippen LogP contribution >= 0.6 is 11.6 Å². The molecule has 1 unspecified atom stereocenters. The number of nitrogens with zero attached hydrogens (tertiary/aromatic N) is 2. The molecule has 3 aromatic rings. The van der Waals surface area contributed by atoms with Crippen molar-refractivity contribution in [1.82, 2.24) is 4.90 Å². The van der Waals surface area contributed by atoms with E-state index in [1.807, 2.05) is 0 Å². The van der Waals surface area contributed by atoms with E-state index < -0.39 is 23.8 Å². The summed E-state index contributed by atoms with van der Waals surface area (Å²) in [5.74, 6) is -0.805. The van der Waals surface area contributed by atoms with Crippen LogP contribution in [0.5, 0.6) is 0 Å². The third-order valence-electron chi connectivity index (χ3n) is 4.48. The number of rotatable bonds is 5. The van der Waals surface area contributed by atoms with Crippen LogP contribution in [0.4, 0.5) is 5.69 Å². The first kappa shape index (κ1) is 18.1. The van der Waals surface area contributed by atoms with Crippen LogP contribution in [0.3, 0.4) is 0 Å². The molecule has 1 aliphatic heterocycles. The molecule has 0 aliphatic carbocycles. The summed E-state index contributed by atoms with van der Waals surface area (Å²) < 4.78 is 10.5. The van der Waals surface area contributed by atoms with Gasteiger partial charge in [-0.25, -0.2) is 4.90 Å². The van der Waals surface area contributed by atoms with Crippen LogP contribution in [0.2, 0.25) is 5.02 Å². The van der Waals surface area contributed by atoms with Gasteiger partial charge in [0, 0.05) is 5.02 Å². The van der Waals surface area contributed by atoms with E-state index in [0.717, 1.165) is 4.90 Å². The minimum atomic E-state index is -0.967. The number of amides is 3. The average molecular weight is 399 g/mol. The minimum Gasteiger partial charge on any atom is -0.467 e. The fourth-order valence-electron chi connectivity index (χ4n) is 3.16. The quantitative estimate of drug-likeness (QED) is 0.614. The monoisotopic (exact) mass is 398 g/mol. The van der Waals surface area contributed by atoms with Crippen LogP contribution in [0, 0.1) is 0 Å². The Hall–Kier alpha value is -3.32. The second kappa shape index (κ2) is 7.36. The van der Waals surface area contributed by atoms with Gasteiger partial charge in [-0.2, -0.15) is 0 Å². The number of benzene rings is 1. The molecule has 0 radical (unpaired) electrons. The Labute approximate surface area is 165 Å². The number of halogens is 1. The Kier molecular flexibility index (Phi) is 4.75. The van der Waals surface area contributed by atoms with Crippen molar-refractivity contribution in [2.24, 2.45) is 0 Å². The summed E-state index contributed by atoms with van der Waals surface area (Å²) in [6.45, 7) is 0.0324. The number of hydrogen-bond donors (Lipinski definition) is 0. The Morgan fingerprint density at radius 3 is 2.43 bits per heavy atom. The van der Waals surface area contributed by atoms with Crippen molar-refractivity contribution in [2.45, 2.75) is 19.0 Å². The van der Waals surface area contributed by atoms with Crippen molar-refractivity contribution in [2.75, 3.05) is 4.90 Å². The standard InChI is InChI=1S/C20H15ClN2O5/c21-13-5-7-14(8-6-13)23-18(24)11-16(19(23)25)22(12-15-3-1-9-27-15)20(26)17-4-2-10-28-17/h1-10,16H,11-12H2. The van der Waals surface area contributed by atoms with Gasteiger partial charge in [0.15, 0.2) is 5.76 Å². The van der Waals surface area contributed by atoms with E-state index in [0.29, 0.717) is 16.5 Å². The van der Waals surface area contributed by atoms with Gasteiger partial charge in [-0.05, 0) is 48.5 Å². The van der Waals surface area contributed by atoms with E-state index in [2.05, 4.69) is 0 Å². The summed E-state index contributed by atoms with van der Waals surface area (Å²) in [6.07, 6.45) is 2.72. The zero-order chi connectivity index (χ0) is 19.7. The molecule has 1 aromatic carbocycles. The maximum atomic E-state index is 13.1. The van der Waals surface area contributed by atoms with Crippen molar-refractivity contribution >= 4 is 35.0 Å². The largest absolute Gasteiger partial charge is 0.467 e. The first-order valence-corrected chi connectivity index (χ1v) is 8.91. The Morgan fingerprint density at radius 1 is 1.07 bits per heavy atom. The molecule has 1 atom stereocenters. The van der Waals surface area contributed by atoms with E-state index in [1.165, 1.54) is 23.5 Å². The zero-order valence-corrected chi connectivity index (χ0v) is 15.3. The van der Waals surface area contributed by atoms with E-state index in [1.54, 1.807) is 42.5 Å². The fourth-order valence-corrected chi connectivity index (χ4v) is 3.28. The van der Waals surface area contributed by atoms with Gasteiger partial charge >= 0.3 is 0 Å². The van der Waals surface area contributed by atoms with Crippen molar-refractivity contribution in [3.63, 3.8) is 0 Å². The third kappa shape index (κ3) is 3.32. The number of carbonyl (C=O) groups is 3. The highest BCUT2D eigenvalue weighted by molar-refractivity contribution is 6.31. The van der Waals surface area contributed by atoms with Gasteiger partial charge < -0.3 is 13.7 Å². The van der Waals surface area contributed by atoms with Gasteiger partial charge in [0.1, 0.15) is 11.8 Å². The van der Waals surface area contributed by atoms with Crippen LogP contribution in [-0.4, -0.2) is 28.7 Å². The summed E-state index contributed by atoms with van der Waals surface area (Å²) in [7, 11) is 0. The number of hydrogen-bond acceptors (Lipinski definition) is 5. The highest BCUT2D eigenvalue weighted by atomic mass is 35.5. The summed E-state index contributed by atoms with van der Waals surface area (Å²) in [6, 6.07) is 11.9. The van der Waals surface area contributed by atoms with Crippen LogP contribution in [0.15, 0.2) is 69.9 Å². The molecule has 0 bridgehead atoms. The summed E-state index contributed by atoms with van der Waals surface area (Å²) in [5.41, 5.74) is 0.408. The van der Waals surface area contributed by atoms with Gasteiger partial charge in [0.25, 0.3) is 11.8 Å². The molecule has 28 heavy (non-hydrogen) atoms. The molecule has 0 spiro atoms. The number of carbonyl (C=O) groups excluding carboxylic acids is 3. The first-order valence-electron chi connectivity index (χ1n) is 8.54. The molecule has 1 fully saturated rings. The lowest BCUT2D eigenvalue weighted by Crippen LogP contribution is -2.45. The predicted octanol–water partition coefficient (Wildman–Crippen LogP) is 3.50. The van der Waals surface area contributed by atoms with Gasteiger partial charge in [-0.1, -0.05) is 11.6 Å². The molecule has 8 heteroatoms. The van der Waals surface area contributed by atoms with E-state index in [-0.39, 0.29) is 18.7 Å². The van der Waals surface area contributed by atoms with Gasteiger partial charge in [0.05, 0.1) is 31.2 Å². The summed E-state index contributed by atoms with van der Waals surface area (Å²) in [5, 5.41) is 0.492. The predicted molar refractivity (Wildman–Crippen MR) is 99.6 cm³/mol. The number of anilines is 1. The summed E-state index contributed by atoms with van der Waals surface area (Å²) >= 11 is 5.89. The van der Waals surface area contributed by atoms with E-state index in [4.69, 9.17) is 20.4 Å². The molecule has 142 valence electrons. The molecule has 0 saturated carbocycles. The second-order valence-electron chi connectivity index (χ2n) is 6.25. The maximum Gasteiger partial charge on any atom is 0.290 e. The molecule has 1 saturated heterocycles. The van der Waals surface area contributed by atoms with Crippen LogP contribution in [0.1, 0.15) is 22.7 Å². The average Bonchev–Trinajstić information content (AvgIpc) is 3.43. The summed E-state index contributed by atoms with van der Waals surface area (Å²) in [4.78, 5) is 41.0. The zero-order valence-electron chi connectivity index (χ0n) is 14.6. The highest BCUT2D eigenvalue weighted by Crippen LogP contribution is 2.28. The van der Waals surface area contributed by atoms with Crippen LogP contribution in [0.25, 0.3) is 0 Å². The molecule has 0 N–H and O–H groups in total. The highest BCUT2D eigenvalue weighted by Gasteiger charge is 2.45. The lowest BCUT2D eigenvalue weighted by molar-refractivity contribution is -0.122. The number of imide groups is 1. The molecular weight excluding hydrogens is 384 g/mol. The van der Waals surface area contributed by atoms with Crippen molar-refractivity contribution in [3.05, 3.63) is 77.6 Å². The van der Waals surface area contributed by atoms with Crippen molar-refractivity contribution < 1.29 is 23.2 Å². The SMILES string of the molecule is O=C1CC(N(Cc2ccco2)C(=O)c2ccco2)C(=O)N1c1ccc(Cl)cc1. The lowest BCUT2D eigenvalue weighted by atomic mass is 10.2. The first-order chi connectivity index (χ1) is 13.5. The normalized spacial score (nSPS) is 16.6. The van der Waals surface area contributed by atoms with E-state index >= 15 is 0 Å². The van der Waals surface area contributed by atoms with Gasteiger partial charge in [-0.3, -0.25) is 14.4 Å². The second-order valence-corrected chi connectivity index (χ2v) is 6.69. The number of furan rings is 2. The molecule has 4 rings (SSSR count). The molecule has 2 aromatic heterocycles.